The summed E-state index contributed by atoms with van der Waals surface area (Å²) in [5.74, 6) is -9.65. The lowest BCUT2D eigenvalue weighted by Crippen LogP contribution is -2.76. The van der Waals surface area contributed by atoms with E-state index in [2.05, 4.69) is 0 Å². The van der Waals surface area contributed by atoms with E-state index >= 15 is 0 Å². The molecule has 0 aromatic heterocycles. The smallest absolute Gasteiger partial charge is 0.190 e. The average molecular weight is 497 g/mol. The molecule has 3 aliphatic rings. The number of aromatic hydroxyl groups is 1. The van der Waals surface area contributed by atoms with Crippen molar-refractivity contribution in [3.8, 4) is 5.75 Å². The molecule has 3 unspecified atom stereocenters. The maximum absolute atomic E-state index is 14.1. The minimum atomic E-state index is -2.73. The van der Waals surface area contributed by atoms with E-state index in [0.29, 0.717) is 5.56 Å². The Bertz CT molecular complexity index is 1260. The van der Waals surface area contributed by atoms with Crippen LogP contribution in [0.15, 0.2) is 12.1 Å². The molecular weight excluding hydrogens is 464 g/mol. The van der Waals surface area contributed by atoms with Gasteiger partial charge in [-0.1, -0.05) is 34.6 Å². The normalized spacial score (nSPS) is 35.8. The van der Waals surface area contributed by atoms with Gasteiger partial charge < -0.3 is 10.2 Å². The lowest BCUT2D eigenvalue weighted by atomic mass is 9.40. The van der Waals surface area contributed by atoms with Gasteiger partial charge in [0.15, 0.2) is 34.5 Å². The van der Waals surface area contributed by atoms with Gasteiger partial charge in [-0.05, 0) is 48.8 Å². The number of hydrogen-bond acceptors (Lipinski definition) is 8. The van der Waals surface area contributed by atoms with E-state index in [9.17, 15) is 39.0 Å². The predicted octanol–water partition coefficient (Wildman–Crippen LogP) is 2.69. The van der Waals surface area contributed by atoms with E-state index in [4.69, 9.17) is 0 Å². The van der Waals surface area contributed by atoms with Crippen molar-refractivity contribution >= 4 is 34.7 Å². The third-order valence-electron chi connectivity index (χ3n) is 8.88. The zero-order chi connectivity index (χ0) is 27.1. The number of fused-ring (bicyclic) bond motifs is 3. The van der Waals surface area contributed by atoms with Crippen LogP contribution >= 0.6 is 0 Å². The summed E-state index contributed by atoms with van der Waals surface area (Å²) in [5, 5.41) is 22.5. The number of Topliss-reactive ketones (excluding diaryl/α,β-unsaturated/α-hetero) is 6. The van der Waals surface area contributed by atoms with Crippen LogP contribution in [0.1, 0.15) is 80.7 Å². The number of phenolic OH excluding ortho intramolecular Hbond substituents is 1. The summed E-state index contributed by atoms with van der Waals surface area (Å²) in [4.78, 5) is 80.0. The monoisotopic (exact) mass is 496 g/mol. The molecule has 8 heteroatoms. The van der Waals surface area contributed by atoms with Crippen molar-refractivity contribution in [2.75, 3.05) is 0 Å². The molecule has 0 radical (unpaired) electrons. The van der Waals surface area contributed by atoms with E-state index in [1.165, 1.54) is 19.1 Å². The first-order valence-electron chi connectivity index (χ1n) is 12.4. The molecule has 2 N–H and O–H groups in total. The zero-order valence-electron chi connectivity index (χ0n) is 21.4. The molecule has 0 heterocycles. The molecule has 192 valence electrons. The lowest BCUT2D eigenvalue weighted by molar-refractivity contribution is -0.205. The van der Waals surface area contributed by atoms with Gasteiger partial charge in [-0.15, -0.1) is 0 Å². The van der Waals surface area contributed by atoms with Crippen molar-refractivity contribution in [1.29, 1.82) is 0 Å². The molecule has 36 heavy (non-hydrogen) atoms. The number of hydrogen-bond donors (Lipinski definition) is 2. The van der Waals surface area contributed by atoms with E-state index in [1.54, 1.807) is 27.7 Å². The fourth-order valence-electron chi connectivity index (χ4n) is 7.59. The van der Waals surface area contributed by atoms with Crippen LogP contribution in [0.5, 0.6) is 5.75 Å². The van der Waals surface area contributed by atoms with Crippen LogP contribution in [0.2, 0.25) is 0 Å². The average Bonchev–Trinajstić information content (AvgIpc) is 2.75. The summed E-state index contributed by atoms with van der Waals surface area (Å²) < 4.78 is 0. The highest BCUT2D eigenvalue weighted by Gasteiger charge is 2.76. The Hall–Kier alpha value is -3.00. The first kappa shape index (κ1) is 26.1. The first-order valence-corrected chi connectivity index (χ1v) is 12.4. The maximum Gasteiger partial charge on any atom is 0.190 e. The molecule has 1 aromatic carbocycles. The minimum absolute atomic E-state index is 0.0432. The third-order valence-corrected chi connectivity index (χ3v) is 8.88. The zero-order valence-corrected chi connectivity index (χ0v) is 21.4. The van der Waals surface area contributed by atoms with Crippen LogP contribution in [-0.4, -0.2) is 50.5 Å². The molecule has 0 amide bonds. The Balaban J connectivity index is 2.00. The quantitative estimate of drug-likeness (QED) is 0.478. The number of carbonyl (C=O) groups is 6. The number of rotatable bonds is 4. The molecule has 0 saturated heterocycles. The van der Waals surface area contributed by atoms with Crippen molar-refractivity contribution in [2.45, 2.75) is 66.4 Å². The van der Waals surface area contributed by atoms with Crippen molar-refractivity contribution in [3.63, 3.8) is 0 Å². The van der Waals surface area contributed by atoms with E-state index in [-0.39, 0.29) is 41.9 Å². The summed E-state index contributed by atoms with van der Waals surface area (Å²) in [5.41, 5.74) is -4.98. The second-order valence-electron chi connectivity index (χ2n) is 11.6. The van der Waals surface area contributed by atoms with Gasteiger partial charge in [0, 0.05) is 23.3 Å². The number of aliphatic hydroxyl groups is 1. The molecule has 2 fully saturated rings. The third kappa shape index (κ3) is 3.03. The van der Waals surface area contributed by atoms with Crippen LogP contribution in [0.4, 0.5) is 0 Å². The standard InChI is InChI=1S/C28H32O8/c1-7-16(30)14-8-9-17(31)19-15(14)10-26(5)11-27(6)20(12(2)3)22(32)18(13(4)29)24(34)28(27,36)25(35)21(26)23(19)33/h8-9,12,18,20-21,31,36H,7,10-11H2,1-6H3/t18?,20?,21?,26-,27-,28+/m1/s1. The number of ketones is 6. The Morgan fingerprint density at radius 3 is 2.22 bits per heavy atom. The predicted molar refractivity (Wildman–Crippen MR) is 128 cm³/mol. The van der Waals surface area contributed by atoms with Gasteiger partial charge in [-0.2, -0.15) is 0 Å². The SMILES string of the molecule is CCC(=O)c1ccc(O)c2c1C[C@]1(C)C[C@]3(C)C(C(C)C)C(=O)C(C(C)=O)C(=O)[C@]3(O)C(=O)C1C2=O. The molecule has 0 aliphatic heterocycles. The van der Waals surface area contributed by atoms with Crippen molar-refractivity contribution in [1.82, 2.24) is 0 Å². The Morgan fingerprint density at radius 2 is 1.69 bits per heavy atom. The summed E-state index contributed by atoms with van der Waals surface area (Å²) >= 11 is 0. The number of carbonyl (C=O) groups excluding carboxylic acids is 6. The van der Waals surface area contributed by atoms with Crippen LogP contribution in [-0.2, 0) is 25.6 Å². The fraction of sp³-hybridized carbons (Fsp3) is 0.571. The van der Waals surface area contributed by atoms with Gasteiger partial charge in [0.05, 0.1) is 11.5 Å². The molecule has 8 nitrogen and oxygen atoms in total. The van der Waals surface area contributed by atoms with Crippen LogP contribution in [0, 0.1) is 34.5 Å². The largest absolute Gasteiger partial charge is 0.507 e. The van der Waals surface area contributed by atoms with Crippen LogP contribution in [0.3, 0.4) is 0 Å². The molecule has 2 saturated carbocycles. The van der Waals surface area contributed by atoms with Crippen molar-refractivity contribution in [2.24, 2.45) is 34.5 Å². The first-order chi connectivity index (χ1) is 16.6. The second kappa shape index (κ2) is 8.00. The highest BCUT2D eigenvalue weighted by molar-refractivity contribution is 6.32. The second-order valence-corrected chi connectivity index (χ2v) is 11.6. The van der Waals surface area contributed by atoms with Crippen molar-refractivity contribution in [3.05, 3.63) is 28.8 Å². The van der Waals surface area contributed by atoms with Gasteiger partial charge in [0.1, 0.15) is 17.5 Å². The van der Waals surface area contributed by atoms with Gasteiger partial charge in [0.2, 0.25) is 0 Å². The Kier molecular flexibility index (Phi) is 5.79. The van der Waals surface area contributed by atoms with Gasteiger partial charge in [-0.25, -0.2) is 0 Å². The summed E-state index contributed by atoms with van der Waals surface area (Å²) in [6.45, 7) is 9.43. The van der Waals surface area contributed by atoms with E-state index in [0.717, 1.165) is 6.92 Å². The number of benzene rings is 1. The highest BCUT2D eigenvalue weighted by atomic mass is 16.3. The maximum atomic E-state index is 14.1. The molecule has 0 bridgehead atoms. The Labute approximate surface area is 209 Å². The Morgan fingerprint density at radius 1 is 1.08 bits per heavy atom. The molecule has 4 rings (SSSR count). The molecule has 6 atom stereocenters. The van der Waals surface area contributed by atoms with E-state index in [1.807, 2.05) is 0 Å². The topological polar surface area (TPSA) is 143 Å². The lowest BCUT2D eigenvalue weighted by Gasteiger charge is -2.61. The minimum Gasteiger partial charge on any atom is -0.507 e. The van der Waals surface area contributed by atoms with Gasteiger partial charge in [0.25, 0.3) is 0 Å². The summed E-state index contributed by atoms with van der Waals surface area (Å²) in [6.07, 6.45) is 0.195. The molecule has 0 spiro atoms. The summed E-state index contributed by atoms with van der Waals surface area (Å²) in [6, 6.07) is 2.70. The summed E-state index contributed by atoms with van der Waals surface area (Å²) in [7, 11) is 0. The van der Waals surface area contributed by atoms with Crippen LogP contribution < -0.4 is 0 Å². The molecular formula is C28H32O8. The van der Waals surface area contributed by atoms with Crippen molar-refractivity contribution < 1.29 is 39.0 Å². The van der Waals surface area contributed by atoms with E-state index < -0.39 is 69.0 Å². The molecule has 1 aromatic rings. The fourth-order valence-corrected chi connectivity index (χ4v) is 7.59. The van der Waals surface area contributed by atoms with Crippen LogP contribution in [0.25, 0.3) is 0 Å². The van der Waals surface area contributed by atoms with Gasteiger partial charge in [-0.3, -0.25) is 28.8 Å². The van der Waals surface area contributed by atoms with Gasteiger partial charge >= 0.3 is 0 Å². The molecule has 3 aliphatic carbocycles. The number of phenols is 1. The highest BCUT2D eigenvalue weighted by Crippen LogP contribution is 2.63.